The van der Waals surface area contributed by atoms with Crippen LogP contribution in [0.4, 0.5) is 11.4 Å². The molecule has 0 amide bonds. The Balaban J connectivity index is 1.95. The van der Waals surface area contributed by atoms with Gasteiger partial charge in [0.25, 0.3) is 5.69 Å². The highest BCUT2D eigenvalue weighted by molar-refractivity contribution is 6.33. The highest BCUT2D eigenvalue weighted by Gasteiger charge is 2.09. The van der Waals surface area contributed by atoms with Gasteiger partial charge in [0.1, 0.15) is 0 Å². The maximum Gasteiger partial charge on any atom is 0.271 e. The highest BCUT2D eigenvalue weighted by atomic mass is 35.5. The molecule has 1 aromatic carbocycles. The van der Waals surface area contributed by atoms with E-state index in [-0.39, 0.29) is 5.69 Å². The summed E-state index contributed by atoms with van der Waals surface area (Å²) >= 11 is 5.92. The molecule has 0 spiro atoms. The maximum absolute atomic E-state index is 10.5. The summed E-state index contributed by atoms with van der Waals surface area (Å²) in [6, 6.07) is 4.26. The van der Waals surface area contributed by atoms with Crippen molar-refractivity contribution in [2.45, 2.75) is 6.42 Å². The lowest BCUT2D eigenvalue weighted by Gasteiger charge is -2.06. The monoisotopic (exact) mass is 268 g/mol. The van der Waals surface area contributed by atoms with Crippen molar-refractivity contribution in [3.63, 3.8) is 0 Å². The van der Waals surface area contributed by atoms with E-state index in [1.165, 1.54) is 18.5 Å². The molecule has 94 valence electrons. The number of rotatable bonds is 5. The molecule has 1 aromatic heterocycles. The summed E-state index contributed by atoms with van der Waals surface area (Å²) in [5.74, 6) is 0.584. The second kappa shape index (κ2) is 5.46. The van der Waals surface area contributed by atoms with Gasteiger partial charge in [-0.2, -0.15) is 4.98 Å². The minimum atomic E-state index is -0.491. The Morgan fingerprint density at radius 1 is 1.50 bits per heavy atom. The van der Waals surface area contributed by atoms with Crippen LogP contribution in [-0.4, -0.2) is 21.6 Å². The smallest absolute Gasteiger partial charge is 0.271 e. The zero-order chi connectivity index (χ0) is 13.0. The average molecular weight is 269 g/mol. The molecule has 0 bridgehead atoms. The van der Waals surface area contributed by atoms with Gasteiger partial charge in [-0.1, -0.05) is 16.8 Å². The van der Waals surface area contributed by atoms with Crippen molar-refractivity contribution in [1.29, 1.82) is 0 Å². The van der Waals surface area contributed by atoms with E-state index in [1.807, 2.05) is 0 Å². The molecule has 2 rings (SSSR count). The summed E-state index contributed by atoms with van der Waals surface area (Å²) in [5, 5.41) is 17.5. The molecule has 2 aromatic rings. The van der Waals surface area contributed by atoms with E-state index in [9.17, 15) is 10.1 Å². The van der Waals surface area contributed by atoms with E-state index in [2.05, 4.69) is 20.0 Å². The van der Waals surface area contributed by atoms with Crippen LogP contribution in [0.15, 0.2) is 29.1 Å². The quantitative estimate of drug-likeness (QED) is 0.660. The number of halogens is 1. The second-order valence-electron chi connectivity index (χ2n) is 3.45. The van der Waals surface area contributed by atoms with E-state index < -0.39 is 4.92 Å². The van der Waals surface area contributed by atoms with Crippen LogP contribution in [0, 0.1) is 10.1 Å². The van der Waals surface area contributed by atoms with Crippen LogP contribution in [0.3, 0.4) is 0 Å². The Bertz CT molecular complexity index is 544. The first-order valence-corrected chi connectivity index (χ1v) is 5.47. The standard InChI is InChI=1S/C10H9ClN4O3/c11-8-5-7(15(16)17)1-2-9(8)12-4-3-10-13-6-18-14-10/h1-2,5-6,12H,3-4H2. The number of benzene rings is 1. The van der Waals surface area contributed by atoms with Crippen molar-refractivity contribution < 1.29 is 9.45 Å². The van der Waals surface area contributed by atoms with Gasteiger partial charge in [0, 0.05) is 25.1 Å². The Kier molecular flexibility index (Phi) is 3.73. The Morgan fingerprint density at radius 2 is 2.33 bits per heavy atom. The first-order chi connectivity index (χ1) is 8.66. The van der Waals surface area contributed by atoms with Crippen LogP contribution in [-0.2, 0) is 6.42 Å². The fourth-order valence-electron chi connectivity index (χ4n) is 1.37. The molecule has 0 aliphatic rings. The van der Waals surface area contributed by atoms with Crippen LogP contribution in [0.5, 0.6) is 0 Å². The van der Waals surface area contributed by atoms with Crippen LogP contribution in [0.2, 0.25) is 5.02 Å². The van der Waals surface area contributed by atoms with E-state index in [4.69, 9.17) is 11.6 Å². The van der Waals surface area contributed by atoms with Gasteiger partial charge in [0.15, 0.2) is 5.82 Å². The fraction of sp³-hybridized carbons (Fsp3) is 0.200. The third-order valence-electron chi connectivity index (χ3n) is 2.23. The molecule has 0 unspecified atom stereocenters. The lowest BCUT2D eigenvalue weighted by atomic mass is 10.2. The van der Waals surface area contributed by atoms with Gasteiger partial charge in [0.05, 0.1) is 15.6 Å². The van der Waals surface area contributed by atoms with Crippen molar-refractivity contribution in [3.8, 4) is 0 Å². The highest BCUT2D eigenvalue weighted by Crippen LogP contribution is 2.26. The number of nitro benzene ring substituents is 1. The van der Waals surface area contributed by atoms with Gasteiger partial charge in [-0.05, 0) is 6.07 Å². The molecule has 1 heterocycles. The molecule has 0 radical (unpaired) electrons. The van der Waals surface area contributed by atoms with Crippen molar-refractivity contribution in [2.24, 2.45) is 0 Å². The molecule has 1 N–H and O–H groups in total. The Hall–Kier alpha value is -2.15. The van der Waals surface area contributed by atoms with E-state index in [1.54, 1.807) is 6.07 Å². The number of non-ortho nitro benzene ring substituents is 1. The van der Waals surface area contributed by atoms with Crippen molar-refractivity contribution in [1.82, 2.24) is 10.1 Å². The lowest BCUT2D eigenvalue weighted by molar-refractivity contribution is -0.384. The first-order valence-electron chi connectivity index (χ1n) is 5.10. The zero-order valence-corrected chi connectivity index (χ0v) is 9.92. The number of hydrogen-bond acceptors (Lipinski definition) is 6. The van der Waals surface area contributed by atoms with Crippen LogP contribution < -0.4 is 5.32 Å². The number of nitrogens with one attached hydrogen (secondary N) is 1. The number of hydrogen-bond donors (Lipinski definition) is 1. The maximum atomic E-state index is 10.5. The summed E-state index contributed by atoms with van der Waals surface area (Å²) in [7, 11) is 0. The molecule has 0 saturated heterocycles. The largest absolute Gasteiger partial charge is 0.383 e. The summed E-state index contributed by atoms with van der Waals surface area (Å²) in [4.78, 5) is 13.9. The lowest BCUT2D eigenvalue weighted by Crippen LogP contribution is -2.06. The number of nitro groups is 1. The van der Waals surface area contributed by atoms with Crippen LogP contribution >= 0.6 is 11.6 Å². The summed E-state index contributed by atoms with van der Waals surface area (Å²) < 4.78 is 4.59. The molecular formula is C10H9ClN4O3. The molecule has 18 heavy (non-hydrogen) atoms. The van der Waals surface area contributed by atoms with Crippen molar-refractivity contribution in [2.75, 3.05) is 11.9 Å². The Labute approximate surface area is 107 Å². The Morgan fingerprint density at radius 3 is 2.94 bits per heavy atom. The van der Waals surface area contributed by atoms with E-state index in [0.29, 0.717) is 29.5 Å². The molecular weight excluding hydrogens is 260 g/mol. The molecule has 0 atom stereocenters. The van der Waals surface area contributed by atoms with E-state index >= 15 is 0 Å². The summed E-state index contributed by atoms with van der Waals surface area (Å²) in [6.45, 7) is 0.553. The average Bonchev–Trinajstić information content (AvgIpc) is 2.84. The fourth-order valence-corrected chi connectivity index (χ4v) is 1.61. The van der Waals surface area contributed by atoms with Crippen molar-refractivity contribution >= 4 is 23.0 Å². The normalized spacial score (nSPS) is 10.3. The SMILES string of the molecule is O=[N+]([O-])c1ccc(NCCc2ncon2)c(Cl)c1. The van der Waals surface area contributed by atoms with Gasteiger partial charge < -0.3 is 9.84 Å². The third-order valence-corrected chi connectivity index (χ3v) is 2.55. The molecule has 0 fully saturated rings. The molecule has 8 heteroatoms. The number of aromatic nitrogens is 2. The minimum Gasteiger partial charge on any atom is -0.383 e. The van der Waals surface area contributed by atoms with Crippen molar-refractivity contribution in [3.05, 3.63) is 45.6 Å². The first kappa shape index (κ1) is 12.3. The van der Waals surface area contributed by atoms with Gasteiger partial charge in [0.2, 0.25) is 6.39 Å². The molecule has 0 aliphatic carbocycles. The van der Waals surface area contributed by atoms with Gasteiger partial charge in [-0.3, -0.25) is 10.1 Å². The molecule has 0 saturated carbocycles. The summed E-state index contributed by atoms with van der Waals surface area (Å²) in [5.41, 5.74) is 0.592. The zero-order valence-electron chi connectivity index (χ0n) is 9.17. The molecule has 0 aliphatic heterocycles. The van der Waals surface area contributed by atoms with E-state index in [0.717, 1.165) is 0 Å². The topological polar surface area (TPSA) is 94.1 Å². The number of anilines is 1. The van der Waals surface area contributed by atoms with Gasteiger partial charge in [-0.25, -0.2) is 0 Å². The summed E-state index contributed by atoms with van der Waals surface area (Å²) in [6.07, 6.45) is 1.83. The third kappa shape index (κ3) is 2.95. The molecule has 7 nitrogen and oxygen atoms in total. The minimum absolute atomic E-state index is 0.0382. The van der Waals surface area contributed by atoms with Gasteiger partial charge >= 0.3 is 0 Å². The van der Waals surface area contributed by atoms with Gasteiger partial charge in [-0.15, -0.1) is 0 Å². The predicted molar refractivity (Wildman–Crippen MR) is 64.6 cm³/mol. The van der Waals surface area contributed by atoms with Crippen LogP contribution in [0.25, 0.3) is 0 Å². The second-order valence-corrected chi connectivity index (χ2v) is 3.85. The predicted octanol–water partition coefficient (Wildman–Crippen LogP) is 2.29. The number of nitrogens with zero attached hydrogens (tertiary/aromatic N) is 3. The van der Waals surface area contributed by atoms with Crippen LogP contribution in [0.1, 0.15) is 5.82 Å².